The molecule has 0 fully saturated rings. The van der Waals surface area contributed by atoms with Gasteiger partial charge in [0.15, 0.2) is 0 Å². The average molecular weight is 263 g/mol. The van der Waals surface area contributed by atoms with Crippen LogP contribution in [0.1, 0.15) is 44.4 Å². The summed E-state index contributed by atoms with van der Waals surface area (Å²) in [5.74, 6) is 0. The van der Waals surface area contributed by atoms with E-state index in [1.807, 2.05) is 0 Å². The van der Waals surface area contributed by atoms with Crippen LogP contribution in [0.4, 0.5) is 0 Å². The van der Waals surface area contributed by atoms with Crippen molar-refractivity contribution in [3.05, 3.63) is 35.4 Å². The lowest BCUT2D eigenvalue weighted by Gasteiger charge is -2.37. The number of benzene rings is 1. The largest absolute Gasteiger partial charge is 0.396 e. The first kappa shape index (κ1) is 14.5. The standard InChI is InChI=1S/C16H25NO2/c1-16(2,3)15(8-9-18)17-14-11-19-10-12-6-4-5-7-13(12)14/h4-7,14-15,17-18H,8-11H2,1-3H3. The molecule has 2 atom stereocenters. The van der Waals surface area contributed by atoms with Crippen molar-refractivity contribution in [2.45, 2.75) is 45.9 Å². The summed E-state index contributed by atoms with van der Waals surface area (Å²) < 4.78 is 5.68. The number of fused-ring (bicyclic) bond motifs is 1. The molecule has 1 aromatic carbocycles. The van der Waals surface area contributed by atoms with Gasteiger partial charge in [0, 0.05) is 12.6 Å². The van der Waals surface area contributed by atoms with Gasteiger partial charge in [-0.05, 0) is 23.0 Å². The maximum absolute atomic E-state index is 9.25. The number of aliphatic hydroxyl groups excluding tert-OH is 1. The van der Waals surface area contributed by atoms with Crippen molar-refractivity contribution in [1.29, 1.82) is 0 Å². The number of nitrogens with one attached hydrogen (secondary N) is 1. The van der Waals surface area contributed by atoms with Crippen LogP contribution in [0.2, 0.25) is 0 Å². The van der Waals surface area contributed by atoms with Crippen molar-refractivity contribution in [2.75, 3.05) is 13.2 Å². The van der Waals surface area contributed by atoms with Crippen molar-refractivity contribution in [3.63, 3.8) is 0 Å². The number of aliphatic hydroxyl groups is 1. The van der Waals surface area contributed by atoms with Gasteiger partial charge in [0.25, 0.3) is 0 Å². The molecule has 0 saturated heterocycles. The van der Waals surface area contributed by atoms with Crippen molar-refractivity contribution < 1.29 is 9.84 Å². The van der Waals surface area contributed by atoms with Crippen LogP contribution in [-0.4, -0.2) is 24.4 Å². The maximum Gasteiger partial charge on any atom is 0.0721 e. The third kappa shape index (κ3) is 3.56. The van der Waals surface area contributed by atoms with Gasteiger partial charge in [-0.3, -0.25) is 0 Å². The first-order valence-electron chi connectivity index (χ1n) is 7.05. The summed E-state index contributed by atoms with van der Waals surface area (Å²) in [4.78, 5) is 0. The van der Waals surface area contributed by atoms with Gasteiger partial charge in [0.05, 0.1) is 19.3 Å². The van der Waals surface area contributed by atoms with Crippen LogP contribution in [0.15, 0.2) is 24.3 Å². The summed E-state index contributed by atoms with van der Waals surface area (Å²) in [6.07, 6.45) is 0.766. The minimum atomic E-state index is 0.120. The minimum Gasteiger partial charge on any atom is -0.396 e. The Labute approximate surface area is 116 Å². The Morgan fingerprint density at radius 2 is 2.11 bits per heavy atom. The minimum absolute atomic E-state index is 0.120. The summed E-state index contributed by atoms with van der Waals surface area (Å²) in [5, 5.41) is 12.9. The molecule has 0 bridgehead atoms. The molecule has 0 aliphatic carbocycles. The molecule has 1 aromatic rings. The molecule has 0 radical (unpaired) electrons. The zero-order valence-corrected chi connectivity index (χ0v) is 12.1. The summed E-state index contributed by atoms with van der Waals surface area (Å²) in [6.45, 7) is 8.23. The van der Waals surface area contributed by atoms with Crippen LogP contribution in [0.25, 0.3) is 0 Å². The molecular weight excluding hydrogens is 238 g/mol. The third-order valence-electron chi connectivity index (χ3n) is 3.84. The van der Waals surface area contributed by atoms with E-state index < -0.39 is 0 Å². The van der Waals surface area contributed by atoms with E-state index in [9.17, 15) is 5.11 Å². The second-order valence-corrected chi connectivity index (χ2v) is 6.36. The summed E-state index contributed by atoms with van der Waals surface area (Å²) in [5.41, 5.74) is 2.72. The van der Waals surface area contributed by atoms with E-state index in [0.717, 1.165) is 6.42 Å². The van der Waals surface area contributed by atoms with Crippen molar-refractivity contribution in [1.82, 2.24) is 5.32 Å². The topological polar surface area (TPSA) is 41.5 Å². The number of ether oxygens (including phenoxy) is 1. The smallest absolute Gasteiger partial charge is 0.0721 e. The first-order valence-corrected chi connectivity index (χ1v) is 7.05. The van der Waals surface area contributed by atoms with Gasteiger partial charge in [-0.15, -0.1) is 0 Å². The molecule has 106 valence electrons. The number of hydrogen-bond acceptors (Lipinski definition) is 3. The summed E-state index contributed by atoms with van der Waals surface area (Å²) in [7, 11) is 0. The maximum atomic E-state index is 9.25. The average Bonchev–Trinajstić information content (AvgIpc) is 2.37. The predicted molar refractivity (Wildman–Crippen MR) is 76.9 cm³/mol. The molecule has 19 heavy (non-hydrogen) atoms. The van der Waals surface area contributed by atoms with Crippen LogP contribution < -0.4 is 5.32 Å². The van der Waals surface area contributed by atoms with Gasteiger partial charge in [-0.25, -0.2) is 0 Å². The van der Waals surface area contributed by atoms with Crippen LogP contribution in [-0.2, 0) is 11.3 Å². The van der Waals surface area contributed by atoms with E-state index in [4.69, 9.17) is 4.74 Å². The molecule has 3 nitrogen and oxygen atoms in total. The van der Waals surface area contributed by atoms with E-state index >= 15 is 0 Å². The second-order valence-electron chi connectivity index (χ2n) is 6.36. The molecule has 2 N–H and O–H groups in total. The number of hydrogen-bond donors (Lipinski definition) is 2. The van der Waals surface area contributed by atoms with E-state index in [0.29, 0.717) is 13.2 Å². The van der Waals surface area contributed by atoms with E-state index in [2.05, 4.69) is 50.4 Å². The van der Waals surface area contributed by atoms with Crippen LogP contribution in [0.5, 0.6) is 0 Å². The highest BCUT2D eigenvalue weighted by atomic mass is 16.5. The van der Waals surface area contributed by atoms with Gasteiger partial charge in [-0.1, -0.05) is 45.0 Å². The second kappa shape index (κ2) is 6.04. The van der Waals surface area contributed by atoms with Gasteiger partial charge >= 0.3 is 0 Å². The molecule has 1 aliphatic heterocycles. The highest BCUT2D eigenvalue weighted by Gasteiger charge is 2.29. The van der Waals surface area contributed by atoms with Crippen molar-refractivity contribution in [3.8, 4) is 0 Å². The summed E-state index contributed by atoms with van der Waals surface area (Å²) >= 11 is 0. The molecule has 2 rings (SSSR count). The normalized spacial score (nSPS) is 20.9. The molecule has 0 amide bonds. The zero-order valence-electron chi connectivity index (χ0n) is 12.1. The molecule has 2 unspecified atom stereocenters. The molecule has 0 aromatic heterocycles. The van der Waals surface area contributed by atoms with Crippen LogP contribution >= 0.6 is 0 Å². The van der Waals surface area contributed by atoms with E-state index in [1.54, 1.807) is 0 Å². The number of rotatable bonds is 4. The molecule has 1 heterocycles. The lowest BCUT2D eigenvalue weighted by Crippen LogP contribution is -2.45. The SMILES string of the molecule is CC(C)(C)C(CCO)NC1COCc2ccccc21. The van der Waals surface area contributed by atoms with Crippen molar-refractivity contribution >= 4 is 0 Å². The van der Waals surface area contributed by atoms with Gasteiger partial charge in [-0.2, -0.15) is 0 Å². The lowest BCUT2D eigenvalue weighted by molar-refractivity contribution is 0.0679. The monoisotopic (exact) mass is 263 g/mol. The van der Waals surface area contributed by atoms with Gasteiger partial charge in [0.1, 0.15) is 0 Å². The highest BCUT2D eigenvalue weighted by Crippen LogP contribution is 2.29. The highest BCUT2D eigenvalue weighted by molar-refractivity contribution is 5.31. The Morgan fingerprint density at radius 3 is 2.79 bits per heavy atom. The first-order chi connectivity index (χ1) is 9.02. The van der Waals surface area contributed by atoms with Crippen LogP contribution in [0.3, 0.4) is 0 Å². The molecule has 0 spiro atoms. The quantitative estimate of drug-likeness (QED) is 0.877. The van der Waals surface area contributed by atoms with Crippen LogP contribution in [0, 0.1) is 5.41 Å². The Kier molecular flexibility index (Phi) is 4.61. The lowest BCUT2D eigenvalue weighted by atomic mass is 9.83. The fourth-order valence-electron chi connectivity index (χ4n) is 2.66. The van der Waals surface area contributed by atoms with E-state index in [1.165, 1.54) is 11.1 Å². The molecule has 0 saturated carbocycles. The Bertz CT molecular complexity index is 411. The van der Waals surface area contributed by atoms with E-state index in [-0.39, 0.29) is 24.1 Å². The van der Waals surface area contributed by atoms with Gasteiger partial charge in [0.2, 0.25) is 0 Å². The summed E-state index contributed by atoms with van der Waals surface area (Å²) in [6, 6.07) is 8.93. The Morgan fingerprint density at radius 1 is 1.37 bits per heavy atom. The Balaban J connectivity index is 2.15. The fourth-order valence-corrected chi connectivity index (χ4v) is 2.66. The van der Waals surface area contributed by atoms with Gasteiger partial charge < -0.3 is 15.2 Å². The van der Waals surface area contributed by atoms with Crippen molar-refractivity contribution in [2.24, 2.45) is 5.41 Å². The molecule has 1 aliphatic rings. The molecular formula is C16H25NO2. The zero-order chi connectivity index (χ0) is 13.9. The third-order valence-corrected chi connectivity index (χ3v) is 3.84. The fraction of sp³-hybridized carbons (Fsp3) is 0.625. The predicted octanol–water partition coefficient (Wildman–Crippen LogP) is 2.64. The Hall–Kier alpha value is -0.900. The molecule has 3 heteroatoms.